The Bertz CT molecular complexity index is 494. The van der Waals surface area contributed by atoms with Crippen LogP contribution in [0.1, 0.15) is 6.92 Å². The van der Waals surface area contributed by atoms with Gasteiger partial charge in [0, 0.05) is 0 Å². The summed E-state index contributed by atoms with van der Waals surface area (Å²) in [5.74, 6) is 0.346. The van der Waals surface area contributed by atoms with Gasteiger partial charge in [-0.15, -0.1) is 0 Å². The van der Waals surface area contributed by atoms with Crippen LogP contribution in [0.15, 0.2) is 6.33 Å². The third-order valence-corrected chi connectivity index (χ3v) is 3.06. The van der Waals surface area contributed by atoms with Crippen molar-refractivity contribution < 1.29 is 4.79 Å². The van der Waals surface area contributed by atoms with E-state index in [-0.39, 0.29) is 4.57 Å². The van der Waals surface area contributed by atoms with Crippen molar-refractivity contribution in [3.63, 3.8) is 0 Å². The van der Waals surface area contributed by atoms with Crippen LogP contribution in [-0.4, -0.2) is 40.3 Å². The van der Waals surface area contributed by atoms with Gasteiger partial charge in [0.1, 0.15) is 0 Å². The first-order valence-electron chi connectivity index (χ1n) is 3.85. The van der Waals surface area contributed by atoms with Gasteiger partial charge < -0.3 is 0 Å². The number of aromatic amines is 1. The van der Waals surface area contributed by atoms with E-state index < -0.39 is 15.8 Å². The number of rotatable bonds is 2. The SMILES string of the molecule is CC(=O)[As]c1nc(N)c2[nH]cnc2n1. The monoisotopic (exact) mass is 252 g/mol. The molecule has 0 aliphatic carbocycles. The van der Waals surface area contributed by atoms with Gasteiger partial charge in [0.15, 0.2) is 0 Å². The zero-order valence-electron chi connectivity index (χ0n) is 7.35. The van der Waals surface area contributed by atoms with Gasteiger partial charge in [0.05, 0.1) is 0 Å². The molecule has 0 aromatic carbocycles. The number of nitrogens with two attached hydrogens (primary N) is 1. The van der Waals surface area contributed by atoms with Crippen LogP contribution < -0.4 is 10.3 Å². The summed E-state index contributed by atoms with van der Waals surface area (Å²) < 4.78 is 0.599. The Kier molecular flexibility index (Phi) is 2.21. The molecular formula is C7H7AsN5O. The number of H-pyrrole nitrogens is 1. The molecule has 2 rings (SSSR count). The number of nitrogens with zero attached hydrogens (tertiary/aromatic N) is 3. The Balaban J connectivity index is 2.53. The molecule has 2 aromatic rings. The van der Waals surface area contributed by atoms with Gasteiger partial charge in [0.2, 0.25) is 0 Å². The molecule has 0 amide bonds. The standard InChI is InChI=1S/C7H7AsN5O/c1-3(14)8-7-12-5(9)4-6(13-7)11-2-10-4/h2H,1H3,(H3,9,10,11,12,13). The number of hydrogen-bond donors (Lipinski definition) is 2. The van der Waals surface area contributed by atoms with Crippen LogP contribution in [0.5, 0.6) is 0 Å². The van der Waals surface area contributed by atoms with Crippen LogP contribution in [-0.2, 0) is 4.79 Å². The van der Waals surface area contributed by atoms with E-state index in [1.165, 1.54) is 13.3 Å². The molecule has 1 radical (unpaired) electrons. The van der Waals surface area contributed by atoms with Crippen LogP contribution in [0, 0.1) is 0 Å². The topological polar surface area (TPSA) is 97.6 Å². The van der Waals surface area contributed by atoms with Crippen molar-refractivity contribution >= 4 is 41.9 Å². The van der Waals surface area contributed by atoms with E-state index >= 15 is 0 Å². The molecule has 14 heavy (non-hydrogen) atoms. The predicted molar refractivity (Wildman–Crippen MR) is 52.2 cm³/mol. The Morgan fingerprint density at radius 3 is 3.07 bits per heavy atom. The third-order valence-electron chi connectivity index (χ3n) is 1.56. The van der Waals surface area contributed by atoms with Gasteiger partial charge in [-0.05, 0) is 0 Å². The number of nitrogens with one attached hydrogen (secondary N) is 1. The van der Waals surface area contributed by atoms with Gasteiger partial charge in [-0.2, -0.15) is 0 Å². The van der Waals surface area contributed by atoms with Crippen LogP contribution in [0.3, 0.4) is 0 Å². The Labute approximate surface area is 86.0 Å². The second kappa shape index (κ2) is 3.38. The molecule has 0 saturated carbocycles. The van der Waals surface area contributed by atoms with Crippen molar-refractivity contribution in [3.8, 4) is 0 Å². The molecule has 2 aromatic heterocycles. The first-order valence-corrected chi connectivity index (χ1v) is 5.73. The Hall–Kier alpha value is -1.42. The maximum absolute atomic E-state index is 10.9. The van der Waals surface area contributed by atoms with Crippen molar-refractivity contribution in [1.29, 1.82) is 0 Å². The van der Waals surface area contributed by atoms with E-state index in [0.29, 0.717) is 21.6 Å². The quantitative estimate of drug-likeness (QED) is 0.655. The Morgan fingerprint density at radius 1 is 1.57 bits per heavy atom. The molecule has 71 valence electrons. The fourth-order valence-corrected chi connectivity index (χ4v) is 2.26. The number of nitrogen functional groups attached to an aromatic ring is 1. The van der Waals surface area contributed by atoms with Crippen molar-refractivity contribution in [3.05, 3.63) is 6.33 Å². The van der Waals surface area contributed by atoms with E-state index in [9.17, 15) is 4.79 Å². The van der Waals surface area contributed by atoms with Crippen LogP contribution >= 0.6 is 0 Å². The minimum absolute atomic E-state index is 0.0931. The van der Waals surface area contributed by atoms with E-state index in [1.807, 2.05) is 0 Å². The molecule has 0 bridgehead atoms. The number of carbonyl (C=O) groups is 1. The third kappa shape index (κ3) is 1.61. The number of carbonyl (C=O) groups excluding carboxylic acids is 1. The van der Waals surface area contributed by atoms with Crippen LogP contribution in [0.2, 0.25) is 0 Å². The van der Waals surface area contributed by atoms with Crippen molar-refractivity contribution in [1.82, 2.24) is 19.9 Å². The zero-order valence-corrected chi connectivity index (χ0v) is 9.23. The van der Waals surface area contributed by atoms with Gasteiger partial charge in [0.25, 0.3) is 0 Å². The maximum atomic E-state index is 10.9. The van der Waals surface area contributed by atoms with E-state index in [1.54, 1.807) is 0 Å². The Morgan fingerprint density at radius 2 is 2.36 bits per heavy atom. The molecule has 0 aliphatic rings. The predicted octanol–water partition coefficient (Wildman–Crippen LogP) is -1.19. The first kappa shape index (κ1) is 9.15. The zero-order chi connectivity index (χ0) is 10.1. The van der Waals surface area contributed by atoms with Gasteiger partial charge in [-0.1, -0.05) is 0 Å². The molecule has 2 heterocycles. The first-order chi connectivity index (χ1) is 6.66. The summed E-state index contributed by atoms with van der Waals surface area (Å²) in [4.78, 5) is 25.8. The second-order valence-electron chi connectivity index (χ2n) is 2.64. The molecule has 0 spiro atoms. The van der Waals surface area contributed by atoms with Gasteiger partial charge >= 0.3 is 85.6 Å². The molecule has 3 N–H and O–H groups in total. The van der Waals surface area contributed by atoms with E-state index in [4.69, 9.17) is 5.73 Å². The number of aromatic nitrogens is 4. The number of anilines is 1. The second-order valence-corrected chi connectivity index (χ2v) is 5.27. The summed E-state index contributed by atoms with van der Waals surface area (Å²) >= 11 is -0.654. The molecule has 0 unspecified atom stereocenters. The molecule has 0 aliphatic heterocycles. The summed E-state index contributed by atoms with van der Waals surface area (Å²) in [5.41, 5.74) is 6.80. The summed E-state index contributed by atoms with van der Waals surface area (Å²) in [6, 6.07) is 0. The summed E-state index contributed by atoms with van der Waals surface area (Å²) in [5, 5.41) is 0. The van der Waals surface area contributed by atoms with Crippen molar-refractivity contribution in [2.24, 2.45) is 0 Å². The molecule has 0 fully saturated rings. The number of imidazole rings is 1. The van der Waals surface area contributed by atoms with Crippen LogP contribution in [0.25, 0.3) is 11.2 Å². The normalized spacial score (nSPS) is 11.5. The summed E-state index contributed by atoms with van der Waals surface area (Å²) in [7, 11) is 0. The molecule has 0 saturated heterocycles. The molecule has 6 nitrogen and oxygen atoms in total. The van der Waals surface area contributed by atoms with Crippen molar-refractivity contribution in [2.45, 2.75) is 6.92 Å². The van der Waals surface area contributed by atoms with E-state index in [2.05, 4.69) is 19.9 Å². The van der Waals surface area contributed by atoms with Crippen LogP contribution in [0.4, 0.5) is 5.82 Å². The van der Waals surface area contributed by atoms with Crippen molar-refractivity contribution in [2.75, 3.05) is 5.73 Å². The average molecular weight is 252 g/mol. The van der Waals surface area contributed by atoms with E-state index in [0.717, 1.165) is 0 Å². The summed E-state index contributed by atoms with van der Waals surface area (Å²) in [6.07, 6.45) is 1.50. The van der Waals surface area contributed by atoms with Gasteiger partial charge in [-0.3, -0.25) is 0 Å². The number of fused-ring (bicyclic) bond motifs is 1. The molecular weight excluding hydrogens is 245 g/mol. The fourth-order valence-electron chi connectivity index (χ4n) is 1.03. The number of hydrogen-bond acceptors (Lipinski definition) is 5. The minimum atomic E-state index is -0.654. The van der Waals surface area contributed by atoms with Gasteiger partial charge in [-0.25, -0.2) is 0 Å². The molecule has 0 atom stereocenters. The fraction of sp³-hybridized carbons (Fsp3) is 0.143. The average Bonchev–Trinajstić information content (AvgIpc) is 2.50. The molecule has 7 heteroatoms. The summed E-state index contributed by atoms with van der Waals surface area (Å²) in [6.45, 7) is 1.52.